The maximum Gasteiger partial charge on any atom is 0.433 e. The number of halogens is 5. The molecule has 2 heterocycles. The Labute approximate surface area is 190 Å². The van der Waals surface area contributed by atoms with Crippen LogP contribution in [0.4, 0.5) is 17.6 Å². The highest BCUT2D eigenvalue weighted by Gasteiger charge is 2.42. The third kappa shape index (κ3) is 4.87. The van der Waals surface area contributed by atoms with Crippen LogP contribution < -0.4 is 0 Å². The molecule has 1 amide bonds. The Morgan fingerprint density at radius 1 is 1.33 bits per heavy atom. The standard InChI is InChI=1S/C20H19ClF4N4O4/c1-19(2,31)9-29-17(20(23,24)25)10(8-26-29)16-14(18(30)28(3)32-4)15(27-33-16)13-11(21)6-5-7-12(13)22/h5-8,31H,9H2,1-4H3. The predicted molar refractivity (Wildman–Crippen MR) is 109 cm³/mol. The summed E-state index contributed by atoms with van der Waals surface area (Å²) in [6.07, 6.45) is -4.13. The minimum Gasteiger partial charge on any atom is -0.389 e. The molecule has 0 fully saturated rings. The molecule has 8 nitrogen and oxygen atoms in total. The molecule has 0 aliphatic heterocycles. The molecule has 1 N–H and O–H groups in total. The molecule has 0 spiro atoms. The van der Waals surface area contributed by atoms with Crippen molar-refractivity contribution in [2.75, 3.05) is 14.2 Å². The third-order valence-electron chi connectivity index (χ3n) is 4.55. The summed E-state index contributed by atoms with van der Waals surface area (Å²) in [6.45, 7) is 2.11. The lowest BCUT2D eigenvalue weighted by molar-refractivity contribution is -0.144. The van der Waals surface area contributed by atoms with Gasteiger partial charge in [0.05, 0.1) is 41.6 Å². The monoisotopic (exact) mass is 490 g/mol. The average Bonchev–Trinajstić information content (AvgIpc) is 3.29. The van der Waals surface area contributed by atoms with Gasteiger partial charge in [-0.1, -0.05) is 22.8 Å². The van der Waals surface area contributed by atoms with Gasteiger partial charge in [-0.05, 0) is 26.0 Å². The minimum atomic E-state index is -4.95. The molecule has 1 aromatic carbocycles. The molecule has 33 heavy (non-hydrogen) atoms. The number of amides is 1. The first-order valence-electron chi connectivity index (χ1n) is 9.38. The zero-order chi connectivity index (χ0) is 24.7. The highest BCUT2D eigenvalue weighted by Crippen LogP contribution is 2.42. The molecular formula is C20H19ClF4N4O4. The van der Waals surface area contributed by atoms with Gasteiger partial charge in [-0.2, -0.15) is 18.3 Å². The van der Waals surface area contributed by atoms with Crippen LogP contribution in [0.1, 0.15) is 29.9 Å². The van der Waals surface area contributed by atoms with Crippen LogP contribution in [-0.2, 0) is 17.6 Å². The van der Waals surface area contributed by atoms with E-state index in [0.717, 1.165) is 19.4 Å². The Morgan fingerprint density at radius 2 is 2.00 bits per heavy atom. The van der Waals surface area contributed by atoms with Gasteiger partial charge in [-0.3, -0.25) is 14.3 Å². The Morgan fingerprint density at radius 3 is 2.55 bits per heavy atom. The quantitative estimate of drug-likeness (QED) is 0.406. The molecule has 0 saturated heterocycles. The van der Waals surface area contributed by atoms with Crippen LogP contribution in [0.3, 0.4) is 0 Å². The van der Waals surface area contributed by atoms with Gasteiger partial charge < -0.3 is 9.63 Å². The fourth-order valence-electron chi connectivity index (χ4n) is 3.14. The van der Waals surface area contributed by atoms with E-state index >= 15 is 0 Å². The van der Waals surface area contributed by atoms with Gasteiger partial charge in [0.15, 0.2) is 11.5 Å². The molecule has 3 aromatic rings. The number of carbonyl (C=O) groups excluding carboxylic acids is 1. The normalized spacial score (nSPS) is 12.3. The molecular weight excluding hydrogens is 472 g/mol. The number of nitrogens with zero attached hydrogens (tertiary/aromatic N) is 4. The topological polar surface area (TPSA) is 93.6 Å². The SMILES string of the molecule is CON(C)C(=O)c1c(-c2c(F)cccc2Cl)noc1-c1cnn(CC(C)(C)O)c1C(F)(F)F. The summed E-state index contributed by atoms with van der Waals surface area (Å²) in [5.74, 6) is -2.45. The third-order valence-corrected chi connectivity index (χ3v) is 4.87. The maximum absolute atomic E-state index is 14.6. The van der Waals surface area contributed by atoms with Crippen LogP contribution >= 0.6 is 11.6 Å². The molecule has 0 aliphatic rings. The maximum atomic E-state index is 14.6. The van der Waals surface area contributed by atoms with Crippen molar-refractivity contribution in [1.82, 2.24) is 20.0 Å². The molecule has 0 radical (unpaired) electrons. The van der Waals surface area contributed by atoms with Crippen LogP contribution in [0.15, 0.2) is 28.9 Å². The second kappa shape index (κ2) is 8.76. The van der Waals surface area contributed by atoms with E-state index in [1.807, 2.05) is 0 Å². The number of hydrogen-bond donors (Lipinski definition) is 1. The van der Waals surface area contributed by atoms with E-state index in [1.54, 1.807) is 0 Å². The summed E-state index contributed by atoms with van der Waals surface area (Å²) in [7, 11) is 2.36. The van der Waals surface area contributed by atoms with Crippen LogP contribution in [0, 0.1) is 5.82 Å². The summed E-state index contributed by atoms with van der Waals surface area (Å²) in [5, 5.41) is 18.0. The Balaban J connectivity index is 2.34. The van der Waals surface area contributed by atoms with Gasteiger partial charge in [0, 0.05) is 7.05 Å². The highest BCUT2D eigenvalue weighted by atomic mass is 35.5. The fourth-order valence-corrected chi connectivity index (χ4v) is 3.40. The van der Waals surface area contributed by atoms with E-state index in [0.29, 0.717) is 9.75 Å². The molecule has 178 valence electrons. The number of alkyl halides is 3. The van der Waals surface area contributed by atoms with Crippen molar-refractivity contribution in [3.05, 3.63) is 46.5 Å². The van der Waals surface area contributed by atoms with E-state index in [2.05, 4.69) is 10.3 Å². The van der Waals surface area contributed by atoms with E-state index < -0.39 is 58.3 Å². The molecule has 0 atom stereocenters. The molecule has 0 aliphatic carbocycles. The lowest BCUT2D eigenvalue weighted by Crippen LogP contribution is -2.29. The average molecular weight is 491 g/mol. The number of aliphatic hydroxyl groups is 1. The summed E-state index contributed by atoms with van der Waals surface area (Å²) in [6, 6.07) is 3.69. The van der Waals surface area contributed by atoms with E-state index in [-0.39, 0.29) is 10.6 Å². The zero-order valence-corrected chi connectivity index (χ0v) is 18.6. The van der Waals surface area contributed by atoms with Gasteiger partial charge in [0.1, 0.15) is 17.1 Å². The summed E-state index contributed by atoms with van der Waals surface area (Å²) >= 11 is 6.09. The number of hydroxylamine groups is 2. The van der Waals surface area contributed by atoms with Crippen LogP contribution in [0.5, 0.6) is 0 Å². The summed E-state index contributed by atoms with van der Waals surface area (Å²) < 4.78 is 62.3. The zero-order valence-electron chi connectivity index (χ0n) is 17.9. The van der Waals surface area contributed by atoms with Crippen LogP contribution in [0.25, 0.3) is 22.6 Å². The van der Waals surface area contributed by atoms with Crippen molar-refractivity contribution in [3.8, 4) is 22.6 Å². The molecule has 3 rings (SSSR count). The number of aromatic nitrogens is 3. The van der Waals surface area contributed by atoms with Gasteiger partial charge in [0.25, 0.3) is 5.91 Å². The number of rotatable bonds is 6. The number of carbonyl (C=O) groups is 1. The number of hydrogen-bond acceptors (Lipinski definition) is 6. The molecule has 2 aromatic heterocycles. The first-order valence-corrected chi connectivity index (χ1v) is 9.76. The minimum absolute atomic E-state index is 0.141. The van der Waals surface area contributed by atoms with E-state index in [1.165, 1.54) is 33.0 Å². The van der Waals surface area contributed by atoms with Crippen molar-refractivity contribution in [1.29, 1.82) is 0 Å². The highest BCUT2D eigenvalue weighted by molar-refractivity contribution is 6.33. The lowest BCUT2D eigenvalue weighted by Gasteiger charge is -2.20. The second-order valence-electron chi connectivity index (χ2n) is 7.69. The molecule has 0 saturated carbocycles. The van der Waals surface area contributed by atoms with E-state index in [9.17, 15) is 27.5 Å². The smallest absolute Gasteiger partial charge is 0.389 e. The fraction of sp³-hybridized carbons (Fsp3) is 0.350. The van der Waals surface area contributed by atoms with Gasteiger partial charge >= 0.3 is 6.18 Å². The first-order chi connectivity index (χ1) is 15.3. The largest absolute Gasteiger partial charge is 0.433 e. The van der Waals surface area contributed by atoms with Crippen molar-refractivity contribution in [2.45, 2.75) is 32.2 Å². The van der Waals surface area contributed by atoms with Crippen LogP contribution in [-0.4, -0.2) is 50.8 Å². The van der Waals surface area contributed by atoms with Crippen molar-refractivity contribution >= 4 is 17.5 Å². The predicted octanol–water partition coefficient (Wildman–Crippen LogP) is 4.42. The van der Waals surface area contributed by atoms with Crippen molar-refractivity contribution < 1.29 is 36.8 Å². The van der Waals surface area contributed by atoms with Gasteiger partial charge in [-0.25, -0.2) is 9.45 Å². The van der Waals surface area contributed by atoms with Crippen molar-refractivity contribution in [3.63, 3.8) is 0 Å². The number of benzene rings is 1. The lowest BCUT2D eigenvalue weighted by atomic mass is 10.0. The summed E-state index contributed by atoms with van der Waals surface area (Å²) in [5.41, 5.74) is -4.72. The van der Waals surface area contributed by atoms with Crippen LogP contribution in [0.2, 0.25) is 5.02 Å². The second-order valence-corrected chi connectivity index (χ2v) is 8.10. The van der Waals surface area contributed by atoms with Crippen molar-refractivity contribution in [2.24, 2.45) is 0 Å². The van der Waals surface area contributed by atoms with Gasteiger partial charge in [0.2, 0.25) is 0 Å². The molecule has 13 heteroatoms. The Hall–Kier alpha value is -2.96. The molecule has 0 bridgehead atoms. The summed E-state index contributed by atoms with van der Waals surface area (Å²) in [4.78, 5) is 17.9. The first kappa shape index (κ1) is 24.7. The van der Waals surface area contributed by atoms with Gasteiger partial charge in [-0.15, -0.1) is 0 Å². The molecule has 0 unspecified atom stereocenters. The Kier molecular flexibility index (Phi) is 6.55. The van der Waals surface area contributed by atoms with E-state index in [4.69, 9.17) is 21.0 Å². The Bertz CT molecular complexity index is 1160.